The molecule has 0 amide bonds. The fourth-order valence-corrected chi connectivity index (χ4v) is 2.54. The van der Waals surface area contributed by atoms with Crippen molar-refractivity contribution in [1.29, 1.82) is 0 Å². The van der Waals surface area contributed by atoms with Crippen molar-refractivity contribution in [2.24, 2.45) is 0 Å². The molecule has 5 heteroatoms. The van der Waals surface area contributed by atoms with Crippen molar-refractivity contribution >= 4 is 6.01 Å². The number of nitrogens with one attached hydrogen (secondary N) is 1. The van der Waals surface area contributed by atoms with E-state index in [9.17, 15) is 5.11 Å². The topological polar surface area (TPSA) is 71.2 Å². The summed E-state index contributed by atoms with van der Waals surface area (Å²) in [6.07, 6.45) is 3.63. The van der Waals surface area contributed by atoms with Crippen LogP contribution in [0.4, 0.5) is 6.01 Å². The summed E-state index contributed by atoms with van der Waals surface area (Å²) in [7, 11) is 0. The molecule has 1 aliphatic carbocycles. The van der Waals surface area contributed by atoms with E-state index in [-0.39, 0.29) is 12.1 Å². The molecule has 1 heterocycles. The van der Waals surface area contributed by atoms with Crippen LogP contribution in [0.15, 0.2) is 28.8 Å². The van der Waals surface area contributed by atoms with Crippen LogP contribution in [0.3, 0.4) is 0 Å². The highest BCUT2D eigenvalue weighted by atomic mass is 16.5. The molecule has 0 spiro atoms. The largest absolute Gasteiger partial charge is 0.391 e. The molecule has 2 N–H and O–H groups in total. The zero-order valence-corrected chi connectivity index (χ0v) is 11.5. The van der Waals surface area contributed by atoms with Crippen LogP contribution >= 0.6 is 0 Å². The summed E-state index contributed by atoms with van der Waals surface area (Å²) >= 11 is 0. The van der Waals surface area contributed by atoms with Crippen LogP contribution in [0.1, 0.15) is 31.2 Å². The van der Waals surface area contributed by atoms with Gasteiger partial charge in [-0.2, -0.15) is 4.98 Å². The highest BCUT2D eigenvalue weighted by Crippen LogP contribution is 2.23. The number of aliphatic hydroxyl groups is 1. The van der Waals surface area contributed by atoms with Crippen LogP contribution in [-0.4, -0.2) is 27.4 Å². The van der Waals surface area contributed by atoms with Crippen LogP contribution in [0, 0.1) is 6.92 Å². The molecule has 0 unspecified atom stereocenters. The minimum Gasteiger partial charge on any atom is -0.391 e. The molecule has 0 saturated heterocycles. The Morgan fingerprint density at radius 3 is 2.70 bits per heavy atom. The molecule has 1 aromatic heterocycles. The van der Waals surface area contributed by atoms with Gasteiger partial charge >= 0.3 is 6.01 Å². The van der Waals surface area contributed by atoms with Gasteiger partial charge in [-0.15, -0.1) is 0 Å². The predicted molar refractivity (Wildman–Crippen MR) is 76.4 cm³/mol. The lowest BCUT2D eigenvalue weighted by Gasteiger charge is -2.27. The van der Waals surface area contributed by atoms with Crippen molar-refractivity contribution in [2.45, 2.75) is 44.8 Å². The average molecular weight is 273 g/mol. The number of aliphatic hydroxyl groups excluding tert-OH is 1. The van der Waals surface area contributed by atoms with Gasteiger partial charge in [-0.25, -0.2) is 0 Å². The minimum atomic E-state index is -0.335. The first-order valence-electron chi connectivity index (χ1n) is 7.08. The lowest BCUT2D eigenvalue weighted by molar-refractivity contribution is 0.115. The van der Waals surface area contributed by atoms with E-state index in [1.54, 1.807) is 0 Å². The van der Waals surface area contributed by atoms with Gasteiger partial charge in [0.25, 0.3) is 0 Å². The predicted octanol–water partition coefficient (Wildman–Crippen LogP) is 2.76. The molecular formula is C15H19N3O2. The van der Waals surface area contributed by atoms with E-state index in [1.165, 1.54) is 5.56 Å². The molecule has 2 atom stereocenters. The molecule has 106 valence electrons. The lowest BCUT2D eigenvalue weighted by atomic mass is 9.93. The summed E-state index contributed by atoms with van der Waals surface area (Å²) in [5.41, 5.74) is 2.12. The Morgan fingerprint density at radius 1 is 1.20 bits per heavy atom. The van der Waals surface area contributed by atoms with Crippen LogP contribution < -0.4 is 5.32 Å². The van der Waals surface area contributed by atoms with Gasteiger partial charge < -0.3 is 14.9 Å². The monoisotopic (exact) mass is 273 g/mol. The smallest absolute Gasteiger partial charge is 0.322 e. The molecule has 1 aromatic carbocycles. The highest BCUT2D eigenvalue weighted by Gasteiger charge is 2.24. The summed E-state index contributed by atoms with van der Waals surface area (Å²) < 4.78 is 5.22. The maximum Gasteiger partial charge on any atom is 0.322 e. The van der Waals surface area contributed by atoms with Crippen molar-refractivity contribution in [3.05, 3.63) is 29.8 Å². The molecule has 20 heavy (non-hydrogen) atoms. The second-order valence-electron chi connectivity index (χ2n) is 5.39. The van der Waals surface area contributed by atoms with Crippen LogP contribution in [0.2, 0.25) is 0 Å². The van der Waals surface area contributed by atoms with Gasteiger partial charge in [0.05, 0.1) is 12.1 Å². The summed E-state index contributed by atoms with van der Waals surface area (Å²) in [4.78, 5) is 4.34. The second-order valence-corrected chi connectivity index (χ2v) is 5.39. The van der Waals surface area contributed by atoms with Crippen LogP contribution in [0.25, 0.3) is 11.4 Å². The number of hydrogen-bond donors (Lipinski definition) is 2. The first-order valence-corrected chi connectivity index (χ1v) is 7.08. The third kappa shape index (κ3) is 2.82. The van der Waals surface area contributed by atoms with Crippen molar-refractivity contribution in [3.63, 3.8) is 0 Å². The van der Waals surface area contributed by atoms with E-state index >= 15 is 0 Å². The van der Waals surface area contributed by atoms with Gasteiger partial charge in [0.15, 0.2) is 0 Å². The normalized spacial score (nSPS) is 22.7. The average Bonchev–Trinajstić information content (AvgIpc) is 2.91. The Morgan fingerprint density at radius 2 is 1.95 bits per heavy atom. The van der Waals surface area contributed by atoms with Gasteiger partial charge in [0.2, 0.25) is 5.82 Å². The fraction of sp³-hybridized carbons (Fsp3) is 0.467. The lowest BCUT2D eigenvalue weighted by Crippen LogP contribution is -2.36. The molecule has 2 aromatic rings. The molecule has 1 fully saturated rings. The van der Waals surface area contributed by atoms with Crippen molar-refractivity contribution in [2.75, 3.05) is 5.32 Å². The molecule has 0 radical (unpaired) electrons. The van der Waals surface area contributed by atoms with Gasteiger partial charge in [-0.3, -0.25) is 0 Å². The molecule has 5 nitrogen and oxygen atoms in total. The van der Waals surface area contributed by atoms with E-state index in [0.717, 1.165) is 31.2 Å². The number of aromatic nitrogens is 2. The number of aryl methyl sites for hydroxylation is 1. The molecule has 0 bridgehead atoms. The third-order valence-corrected chi connectivity index (χ3v) is 3.77. The zero-order valence-electron chi connectivity index (χ0n) is 11.5. The second kappa shape index (κ2) is 5.63. The number of benzene rings is 1. The maximum absolute atomic E-state index is 9.93. The summed E-state index contributed by atoms with van der Waals surface area (Å²) in [5.74, 6) is 0.567. The Bertz CT molecular complexity index is 565. The van der Waals surface area contributed by atoms with Crippen molar-refractivity contribution in [1.82, 2.24) is 10.1 Å². The van der Waals surface area contributed by atoms with Crippen LogP contribution in [0.5, 0.6) is 0 Å². The maximum atomic E-state index is 9.93. The SMILES string of the molecule is Cc1ccc(-c2noc(N[C@H]3CCCC[C@@H]3O)n2)cc1. The molecule has 1 saturated carbocycles. The van der Waals surface area contributed by atoms with E-state index in [0.29, 0.717) is 11.8 Å². The zero-order chi connectivity index (χ0) is 13.9. The van der Waals surface area contributed by atoms with Crippen molar-refractivity contribution in [3.8, 4) is 11.4 Å². The molecule has 0 aliphatic heterocycles. The Hall–Kier alpha value is -1.88. The van der Waals surface area contributed by atoms with Gasteiger partial charge in [0.1, 0.15) is 0 Å². The Balaban J connectivity index is 1.71. The standard InChI is InChI=1S/C15H19N3O2/c1-10-6-8-11(9-7-10)14-17-15(20-18-14)16-12-4-2-3-5-13(12)19/h6-9,12-13,19H,2-5H2,1H3,(H,16,17,18)/t12-,13-/m0/s1. The number of nitrogens with zero attached hydrogens (tertiary/aromatic N) is 2. The quantitative estimate of drug-likeness (QED) is 0.899. The molecule has 1 aliphatic rings. The van der Waals surface area contributed by atoms with E-state index in [1.807, 2.05) is 31.2 Å². The molecular weight excluding hydrogens is 254 g/mol. The number of anilines is 1. The van der Waals surface area contributed by atoms with Gasteiger partial charge in [-0.05, 0) is 19.8 Å². The Labute approximate surface area is 118 Å². The highest BCUT2D eigenvalue weighted by molar-refractivity contribution is 5.55. The summed E-state index contributed by atoms with van der Waals surface area (Å²) in [6.45, 7) is 2.04. The summed E-state index contributed by atoms with van der Waals surface area (Å²) in [6, 6.07) is 8.37. The van der Waals surface area contributed by atoms with Gasteiger partial charge in [0, 0.05) is 5.56 Å². The molecule has 3 rings (SSSR count). The van der Waals surface area contributed by atoms with Crippen LogP contribution in [-0.2, 0) is 0 Å². The number of rotatable bonds is 3. The first kappa shape index (κ1) is 13.1. The van der Waals surface area contributed by atoms with Crippen molar-refractivity contribution < 1.29 is 9.63 Å². The minimum absolute atomic E-state index is 0.00932. The van der Waals surface area contributed by atoms with E-state index in [2.05, 4.69) is 15.5 Å². The summed E-state index contributed by atoms with van der Waals surface area (Å²) in [5, 5.41) is 17.1. The van der Waals surface area contributed by atoms with Gasteiger partial charge in [-0.1, -0.05) is 47.8 Å². The third-order valence-electron chi connectivity index (χ3n) is 3.77. The van der Waals surface area contributed by atoms with E-state index in [4.69, 9.17) is 4.52 Å². The Kier molecular flexibility index (Phi) is 3.69. The van der Waals surface area contributed by atoms with E-state index < -0.39 is 0 Å². The fourth-order valence-electron chi connectivity index (χ4n) is 2.54. The first-order chi connectivity index (χ1) is 9.72. The number of hydrogen-bond acceptors (Lipinski definition) is 5.